The molecule has 0 spiro atoms. The topological polar surface area (TPSA) is 50.1 Å². The van der Waals surface area contributed by atoms with Crippen LogP contribution in [-0.4, -0.2) is 25.7 Å². The molecule has 0 aromatic heterocycles. The van der Waals surface area contributed by atoms with Crippen LogP contribution in [0.2, 0.25) is 0 Å². The Morgan fingerprint density at radius 3 is 2.61 bits per heavy atom. The van der Waals surface area contributed by atoms with Crippen molar-refractivity contribution in [2.45, 2.75) is 38.8 Å². The maximum absolute atomic E-state index is 5.45. The standard InChI is InChI=1S/C15H27N3/c1-14(9-12-17-11-6-5-10-16)18-13-15-7-3-2-4-8-15/h2-4,7-8,14,17-18H,5-6,9-13,16H2,1H3/t14-/m0/s1. The van der Waals surface area contributed by atoms with Crippen LogP contribution in [0.3, 0.4) is 0 Å². The molecule has 0 bridgehead atoms. The second kappa shape index (κ2) is 10.1. The van der Waals surface area contributed by atoms with Crippen LogP contribution in [0.15, 0.2) is 30.3 Å². The fourth-order valence-electron chi connectivity index (χ4n) is 1.83. The maximum atomic E-state index is 5.45. The second-order valence-electron chi connectivity index (χ2n) is 4.80. The van der Waals surface area contributed by atoms with E-state index in [2.05, 4.69) is 47.9 Å². The largest absolute Gasteiger partial charge is 0.330 e. The number of benzene rings is 1. The van der Waals surface area contributed by atoms with Crippen molar-refractivity contribution in [3.05, 3.63) is 35.9 Å². The summed E-state index contributed by atoms with van der Waals surface area (Å²) in [4.78, 5) is 0. The lowest BCUT2D eigenvalue weighted by Gasteiger charge is -2.14. The smallest absolute Gasteiger partial charge is 0.0207 e. The Labute approximate surface area is 111 Å². The first-order valence-corrected chi connectivity index (χ1v) is 7.01. The molecule has 1 atom stereocenters. The molecule has 0 aliphatic heterocycles. The van der Waals surface area contributed by atoms with Crippen LogP contribution in [0, 0.1) is 0 Å². The highest BCUT2D eigenvalue weighted by Crippen LogP contribution is 1.99. The molecule has 0 radical (unpaired) electrons. The van der Waals surface area contributed by atoms with E-state index < -0.39 is 0 Å². The molecule has 0 aliphatic carbocycles. The van der Waals surface area contributed by atoms with Crippen LogP contribution in [0.5, 0.6) is 0 Å². The molecule has 0 saturated carbocycles. The van der Waals surface area contributed by atoms with E-state index >= 15 is 0 Å². The third-order valence-electron chi connectivity index (χ3n) is 3.06. The molecular weight excluding hydrogens is 222 g/mol. The zero-order valence-electron chi connectivity index (χ0n) is 11.5. The van der Waals surface area contributed by atoms with Gasteiger partial charge in [0.25, 0.3) is 0 Å². The van der Waals surface area contributed by atoms with Gasteiger partial charge in [-0.2, -0.15) is 0 Å². The van der Waals surface area contributed by atoms with Gasteiger partial charge in [0.1, 0.15) is 0 Å². The summed E-state index contributed by atoms with van der Waals surface area (Å²) < 4.78 is 0. The second-order valence-corrected chi connectivity index (χ2v) is 4.80. The van der Waals surface area contributed by atoms with E-state index in [4.69, 9.17) is 5.73 Å². The van der Waals surface area contributed by atoms with Crippen molar-refractivity contribution in [1.82, 2.24) is 10.6 Å². The number of nitrogens with two attached hydrogens (primary N) is 1. The first-order valence-electron chi connectivity index (χ1n) is 7.01. The number of rotatable bonds is 10. The van der Waals surface area contributed by atoms with Crippen molar-refractivity contribution in [3.63, 3.8) is 0 Å². The summed E-state index contributed by atoms with van der Waals surface area (Å²) in [5.41, 5.74) is 6.80. The van der Waals surface area contributed by atoms with Crippen LogP contribution >= 0.6 is 0 Å². The fraction of sp³-hybridized carbons (Fsp3) is 0.600. The van der Waals surface area contributed by atoms with Gasteiger partial charge in [-0.1, -0.05) is 30.3 Å². The summed E-state index contributed by atoms with van der Waals surface area (Å²) in [6.07, 6.45) is 3.46. The van der Waals surface area contributed by atoms with Gasteiger partial charge in [0.15, 0.2) is 0 Å². The van der Waals surface area contributed by atoms with E-state index in [0.29, 0.717) is 6.04 Å². The van der Waals surface area contributed by atoms with Gasteiger partial charge in [-0.3, -0.25) is 0 Å². The molecule has 102 valence electrons. The Morgan fingerprint density at radius 1 is 1.11 bits per heavy atom. The first kappa shape index (κ1) is 15.2. The molecule has 1 aromatic carbocycles. The molecule has 1 rings (SSSR count). The number of hydrogen-bond acceptors (Lipinski definition) is 3. The van der Waals surface area contributed by atoms with Crippen molar-refractivity contribution in [3.8, 4) is 0 Å². The van der Waals surface area contributed by atoms with E-state index in [0.717, 1.165) is 39.0 Å². The molecular formula is C15H27N3. The molecule has 18 heavy (non-hydrogen) atoms. The van der Waals surface area contributed by atoms with Gasteiger partial charge in [0.2, 0.25) is 0 Å². The molecule has 4 N–H and O–H groups in total. The SMILES string of the molecule is C[C@@H](CCNCCCCN)NCc1ccccc1. The van der Waals surface area contributed by atoms with Gasteiger partial charge in [-0.15, -0.1) is 0 Å². The van der Waals surface area contributed by atoms with E-state index in [-0.39, 0.29) is 0 Å². The van der Waals surface area contributed by atoms with E-state index in [9.17, 15) is 0 Å². The summed E-state index contributed by atoms with van der Waals surface area (Å²) in [5.74, 6) is 0. The Hall–Kier alpha value is -0.900. The zero-order valence-corrected chi connectivity index (χ0v) is 11.5. The van der Waals surface area contributed by atoms with Crippen molar-refractivity contribution >= 4 is 0 Å². The highest BCUT2D eigenvalue weighted by atomic mass is 14.9. The van der Waals surface area contributed by atoms with Crippen LogP contribution in [0.1, 0.15) is 31.7 Å². The normalized spacial score (nSPS) is 12.6. The molecule has 3 nitrogen and oxygen atoms in total. The average molecular weight is 249 g/mol. The average Bonchev–Trinajstić information content (AvgIpc) is 2.41. The number of nitrogens with one attached hydrogen (secondary N) is 2. The molecule has 1 aromatic rings. The summed E-state index contributed by atoms with van der Waals surface area (Å²) in [7, 11) is 0. The van der Waals surface area contributed by atoms with Crippen LogP contribution in [-0.2, 0) is 6.54 Å². The lowest BCUT2D eigenvalue weighted by molar-refractivity contribution is 0.488. The predicted octanol–water partition coefficient (Wildman–Crippen LogP) is 1.88. The van der Waals surface area contributed by atoms with E-state index in [1.165, 1.54) is 12.0 Å². The third kappa shape index (κ3) is 7.43. The fourth-order valence-corrected chi connectivity index (χ4v) is 1.83. The van der Waals surface area contributed by atoms with Crippen LogP contribution in [0.25, 0.3) is 0 Å². The molecule has 0 amide bonds. The molecule has 0 aliphatic rings. The molecule has 0 unspecified atom stereocenters. The Morgan fingerprint density at radius 2 is 1.89 bits per heavy atom. The Bertz CT molecular complexity index is 287. The monoisotopic (exact) mass is 249 g/mol. The molecule has 0 saturated heterocycles. The van der Waals surface area contributed by atoms with Gasteiger partial charge in [-0.05, 0) is 51.4 Å². The van der Waals surface area contributed by atoms with Gasteiger partial charge in [0, 0.05) is 12.6 Å². The van der Waals surface area contributed by atoms with Crippen molar-refractivity contribution in [2.24, 2.45) is 5.73 Å². The van der Waals surface area contributed by atoms with Crippen molar-refractivity contribution < 1.29 is 0 Å². The summed E-state index contributed by atoms with van der Waals surface area (Å²) in [5, 5.41) is 6.99. The Balaban J connectivity index is 1.99. The Kier molecular flexibility index (Phi) is 8.47. The van der Waals surface area contributed by atoms with Crippen molar-refractivity contribution in [1.29, 1.82) is 0 Å². The van der Waals surface area contributed by atoms with E-state index in [1.807, 2.05) is 0 Å². The summed E-state index contributed by atoms with van der Waals surface area (Å²) in [6.45, 7) is 6.16. The number of hydrogen-bond donors (Lipinski definition) is 3. The van der Waals surface area contributed by atoms with Crippen LogP contribution < -0.4 is 16.4 Å². The molecule has 3 heteroatoms. The third-order valence-corrected chi connectivity index (χ3v) is 3.06. The lowest BCUT2D eigenvalue weighted by Crippen LogP contribution is -2.30. The highest BCUT2D eigenvalue weighted by molar-refractivity contribution is 5.14. The van der Waals surface area contributed by atoms with Gasteiger partial charge >= 0.3 is 0 Å². The minimum absolute atomic E-state index is 0.548. The maximum Gasteiger partial charge on any atom is 0.0207 e. The highest BCUT2D eigenvalue weighted by Gasteiger charge is 2.00. The van der Waals surface area contributed by atoms with Gasteiger partial charge in [0.05, 0.1) is 0 Å². The van der Waals surface area contributed by atoms with Crippen LogP contribution in [0.4, 0.5) is 0 Å². The van der Waals surface area contributed by atoms with Gasteiger partial charge < -0.3 is 16.4 Å². The lowest BCUT2D eigenvalue weighted by atomic mass is 10.2. The first-order chi connectivity index (χ1) is 8.83. The zero-order chi connectivity index (χ0) is 13.1. The minimum atomic E-state index is 0.548. The van der Waals surface area contributed by atoms with Crippen molar-refractivity contribution in [2.75, 3.05) is 19.6 Å². The molecule has 0 heterocycles. The number of unbranched alkanes of at least 4 members (excludes halogenated alkanes) is 1. The summed E-state index contributed by atoms with van der Waals surface area (Å²) in [6, 6.07) is 11.1. The predicted molar refractivity (Wildman–Crippen MR) is 78.5 cm³/mol. The van der Waals surface area contributed by atoms with E-state index in [1.54, 1.807) is 0 Å². The van der Waals surface area contributed by atoms with Gasteiger partial charge in [-0.25, -0.2) is 0 Å². The molecule has 0 fully saturated rings. The quantitative estimate of drug-likeness (QED) is 0.555. The summed E-state index contributed by atoms with van der Waals surface area (Å²) >= 11 is 0. The minimum Gasteiger partial charge on any atom is -0.330 e.